The van der Waals surface area contributed by atoms with Gasteiger partial charge in [-0.05, 0) is 71.8 Å². The zero-order valence-electron chi connectivity index (χ0n) is 18.7. The number of aromatic amines is 2. The molecular weight excluding hydrogens is 580 g/mol. The largest absolute Gasteiger partial charge is 0.508 e. The summed E-state index contributed by atoms with van der Waals surface area (Å²) in [6.45, 7) is 0. The number of hydrogen-bond acceptors (Lipinski definition) is 2. The van der Waals surface area contributed by atoms with Gasteiger partial charge in [-0.3, -0.25) is 0 Å². The van der Waals surface area contributed by atoms with Crippen molar-refractivity contribution in [3.8, 4) is 33.8 Å². The Balaban J connectivity index is 1.82. The van der Waals surface area contributed by atoms with Crippen molar-refractivity contribution < 1.29 is 10.2 Å². The molecule has 0 saturated heterocycles. The Morgan fingerprint density at radius 1 is 0.528 bits per heavy atom. The molecule has 0 bridgehead atoms. The number of aromatic nitrogens is 2. The molecule has 4 N–H and O–H groups in total. The summed E-state index contributed by atoms with van der Waals surface area (Å²) in [6.07, 6.45) is 0. The van der Waals surface area contributed by atoms with Crippen LogP contribution in [0.2, 0.25) is 0 Å². The quantitative estimate of drug-likeness (QED) is 0.160. The van der Waals surface area contributed by atoms with E-state index in [2.05, 4.69) is 66.1 Å². The maximum atomic E-state index is 10.4. The number of phenolic OH excluding ortho intramolecular Hbond substituents is 2. The van der Waals surface area contributed by atoms with Gasteiger partial charge in [0, 0.05) is 52.7 Å². The van der Waals surface area contributed by atoms with Crippen LogP contribution >= 0.6 is 31.9 Å². The van der Waals surface area contributed by atoms with Crippen molar-refractivity contribution in [3.05, 3.63) is 93.9 Å². The van der Waals surface area contributed by atoms with E-state index in [1.54, 1.807) is 24.3 Å². The highest BCUT2D eigenvalue weighted by molar-refractivity contribution is 9.10. The van der Waals surface area contributed by atoms with E-state index in [0.717, 1.165) is 74.8 Å². The number of benzene rings is 5. The molecule has 36 heavy (non-hydrogen) atoms. The third kappa shape index (κ3) is 3.18. The molecule has 0 fully saturated rings. The molecule has 0 aliphatic carbocycles. The molecule has 0 amide bonds. The van der Waals surface area contributed by atoms with Crippen LogP contribution in [0.4, 0.5) is 0 Å². The Kier molecular flexibility index (Phi) is 4.72. The Hall–Kier alpha value is -3.74. The van der Waals surface area contributed by atoms with Crippen molar-refractivity contribution in [1.82, 2.24) is 9.97 Å². The first kappa shape index (κ1) is 21.5. The second-order valence-corrected chi connectivity index (χ2v) is 10.8. The van der Waals surface area contributed by atoms with Gasteiger partial charge in [0.05, 0.1) is 11.0 Å². The fourth-order valence-corrected chi connectivity index (χ4v) is 6.09. The van der Waals surface area contributed by atoms with Gasteiger partial charge in [-0.1, -0.05) is 56.1 Å². The summed E-state index contributed by atoms with van der Waals surface area (Å²) in [5, 5.41) is 25.1. The molecule has 0 saturated carbocycles. The summed E-state index contributed by atoms with van der Waals surface area (Å²) in [4.78, 5) is 7.37. The highest BCUT2D eigenvalue weighted by Crippen LogP contribution is 2.49. The molecule has 174 valence electrons. The SMILES string of the molecule is Oc1cccc(-c2c3[nH]c4ccc(Br)cc4c3c(-c3cccc(O)c3)c3[nH]c4ccc(Br)cc4c23)c1. The molecule has 0 atom stereocenters. The van der Waals surface area contributed by atoms with Crippen molar-refractivity contribution in [2.45, 2.75) is 0 Å². The Morgan fingerprint density at radius 3 is 1.39 bits per heavy atom. The second kappa shape index (κ2) is 7.88. The molecular formula is C30H18Br2N2O2. The van der Waals surface area contributed by atoms with E-state index in [4.69, 9.17) is 0 Å². The first-order valence-electron chi connectivity index (χ1n) is 11.4. The van der Waals surface area contributed by atoms with Gasteiger partial charge in [-0.15, -0.1) is 0 Å². The molecule has 0 aliphatic heterocycles. The number of aromatic hydroxyl groups is 2. The molecule has 7 rings (SSSR count). The highest BCUT2D eigenvalue weighted by Gasteiger charge is 2.24. The average molecular weight is 598 g/mol. The van der Waals surface area contributed by atoms with Gasteiger partial charge < -0.3 is 20.2 Å². The minimum absolute atomic E-state index is 0.214. The van der Waals surface area contributed by atoms with E-state index in [-0.39, 0.29) is 11.5 Å². The molecule has 5 aromatic carbocycles. The smallest absolute Gasteiger partial charge is 0.116 e. The standard InChI is InChI=1S/C30H18Br2N2O2/c31-17-7-9-23-21(13-17)27-25(15-3-1-5-19(35)11-15)29-28(22-14-18(32)8-10-24(22)33-29)26(30(27)34-23)16-4-2-6-20(36)12-16/h1-14,33-36H. The molecule has 0 aliphatic rings. The van der Waals surface area contributed by atoms with Crippen molar-refractivity contribution in [2.75, 3.05) is 0 Å². The van der Waals surface area contributed by atoms with E-state index >= 15 is 0 Å². The van der Waals surface area contributed by atoms with Gasteiger partial charge >= 0.3 is 0 Å². The lowest BCUT2D eigenvalue weighted by molar-refractivity contribution is 0.475. The molecule has 4 nitrogen and oxygen atoms in total. The zero-order chi connectivity index (χ0) is 24.6. The van der Waals surface area contributed by atoms with E-state index in [1.807, 2.05) is 36.4 Å². The minimum atomic E-state index is 0.214. The van der Waals surface area contributed by atoms with Crippen molar-refractivity contribution in [3.63, 3.8) is 0 Å². The van der Waals surface area contributed by atoms with Crippen LogP contribution in [0.3, 0.4) is 0 Å². The molecule has 7 aromatic rings. The molecule has 0 spiro atoms. The molecule has 2 heterocycles. The van der Waals surface area contributed by atoms with Gasteiger partial charge in [-0.25, -0.2) is 0 Å². The number of phenols is 2. The van der Waals surface area contributed by atoms with Crippen LogP contribution in [-0.2, 0) is 0 Å². The maximum absolute atomic E-state index is 10.4. The fourth-order valence-electron chi connectivity index (χ4n) is 5.37. The van der Waals surface area contributed by atoms with Gasteiger partial charge in [-0.2, -0.15) is 0 Å². The second-order valence-electron chi connectivity index (χ2n) is 8.98. The molecule has 6 heteroatoms. The number of halogens is 2. The van der Waals surface area contributed by atoms with Crippen molar-refractivity contribution in [1.29, 1.82) is 0 Å². The van der Waals surface area contributed by atoms with Crippen LogP contribution < -0.4 is 0 Å². The topological polar surface area (TPSA) is 72.0 Å². The third-order valence-corrected chi connectivity index (χ3v) is 7.78. The minimum Gasteiger partial charge on any atom is -0.508 e. The summed E-state index contributed by atoms with van der Waals surface area (Å²) in [5.41, 5.74) is 7.81. The Labute approximate surface area is 222 Å². The van der Waals surface area contributed by atoms with E-state index < -0.39 is 0 Å². The highest BCUT2D eigenvalue weighted by atomic mass is 79.9. The third-order valence-electron chi connectivity index (χ3n) is 6.79. The Morgan fingerprint density at radius 2 is 0.972 bits per heavy atom. The van der Waals surface area contributed by atoms with E-state index in [0.29, 0.717) is 0 Å². The lowest BCUT2D eigenvalue weighted by Gasteiger charge is -2.14. The fraction of sp³-hybridized carbons (Fsp3) is 0. The number of hydrogen-bond donors (Lipinski definition) is 4. The van der Waals surface area contributed by atoms with Gasteiger partial charge in [0.2, 0.25) is 0 Å². The van der Waals surface area contributed by atoms with Crippen LogP contribution in [0.5, 0.6) is 11.5 Å². The summed E-state index contributed by atoms with van der Waals surface area (Å²) in [7, 11) is 0. The van der Waals surface area contributed by atoms with Gasteiger partial charge in [0.15, 0.2) is 0 Å². The summed E-state index contributed by atoms with van der Waals surface area (Å²) < 4.78 is 1.97. The lowest BCUT2D eigenvalue weighted by Crippen LogP contribution is -1.89. The number of rotatable bonds is 2. The lowest BCUT2D eigenvalue weighted by atomic mass is 9.90. The van der Waals surface area contributed by atoms with Crippen molar-refractivity contribution in [2.24, 2.45) is 0 Å². The van der Waals surface area contributed by atoms with Crippen LogP contribution in [0.25, 0.3) is 65.9 Å². The molecule has 0 radical (unpaired) electrons. The summed E-state index contributed by atoms with van der Waals surface area (Å²) >= 11 is 7.31. The van der Waals surface area contributed by atoms with Crippen LogP contribution in [0.1, 0.15) is 0 Å². The summed E-state index contributed by atoms with van der Waals surface area (Å²) in [5.74, 6) is 0.427. The van der Waals surface area contributed by atoms with Crippen LogP contribution in [0, 0.1) is 0 Å². The Bertz CT molecular complexity index is 1860. The van der Waals surface area contributed by atoms with Crippen LogP contribution in [-0.4, -0.2) is 20.2 Å². The van der Waals surface area contributed by atoms with Gasteiger partial charge in [0.1, 0.15) is 11.5 Å². The first-order chi connectivity index (χ1) is 17.5. The normalized spacial score (nSPS) is 11.8. The van der Waals surface area contributed by atoms with E-state index in [9.17, 15) is 10.2 Å². The predicted octanol–water partition coefficient (Wildman–Crippen LogP) is 9.23. The molecule has 2 aromatic heterocycles. The molecule has 0 unspecified atom stereocenters. The predicted molar refractivity (Wildman–Crippen MR) is 155 cm³/mol. The van der Waals surface area contributed by atoms with Gasteiger partial charge in [0.25, 0.3) is 0 Å². The van der Waals surface area contributed by atoms with Crippen LogP contribution in [0.15, 0.2) is 93.9 Å². The number of H-pyrrole nitrogens is 2. The number of nitrogens with one attached hydrogen (secondary N) is 2. The maximum Gasteiger partial charge on any atom is 0.116 e. The van der Waals surface area contributed by atoms with Crippen molar-refractivity contribution >= 4 is 75.5 Å². The summed E-state index contributed by atoms with van der Waals surface area (Å²) in [6, 6.07) is 27.2. The zero-order valence-corrected chi connectivity index (χ0v) is 21.9. The van der Waals surface area contributed by atoms with E-state index in [1.165, 1.54) is 0 Å². The monoisotopic (exact) mass is 596 g/mol. The first-order valence-corrected chi connectivity index (χ1v) is 13.0. The average Bonchev–Trinajstić information content (AvgIpc) is 3.40. The number of fused-ring (bicyclic) bond motifs is 6.